The smallest absolute Gasteiger partial charge is 0.0700 e. The lowest BCUT2D eigenvalue weighted by atomic mass is 10.1. The highest BCUT2D eigenvalue weighted by Gasteiger charge is 2.12. The molecule has 0 amide bonds. The molecule has 1 heterocycles. The first-order valence-electron chi connectivity index (χ1n) is 5.91. The standard InChI is InChI=1S/C11H24N2O/c1-3-13(4-2)8-9-14-11-6-5-7-12-10-11/h11-12H,3-10H2,1-2H3/t11-/m0/s1. The number of ether oxygens (including phenoxy) is 1. The molecule has 1 aliphatic heterocycles. The summed E-state index contributed by atoms with van der Waals surface area (Å²) in [6.07, 6.45) is 2.94. The maximum absolute atomic E-state index is 5.81. The van der Waals surface area contributed by atoms with Gasteiger partial charge >= 0.3 is 0 Å². The molecule has 1 saturated heterocycles. The third-order valence-electron chi connectivity index (χ3n) is 2.91. The van der Waals surface area contributed by atoms with E-state index < -0.39 is 0 Å². The Labute approximate surface area is 87.8 Å². The quantitative estimate of drug-likeness (QED) is 0.695. The fraction of sp³-hybridized carbons (Fsp3) is 1.00. The number of hydrogen-bond donors (Lipinski definition) is 1. The van der Waals surface area contributed by atoms with Crippen molar-refractivity contribution >= 4 is 0 Å². The molecule has 0 spiro atoms. The predicted octanol–water partition coefficient (Wildman–Crippen LogP) is 1.10. The van der Waals surface area contributed by atoms with Crippen LogP contribution in [0.15, 0.2) is 0 Å². The molecule has 1 fully saturated rings. The van der Waals surface area contributed by atoms with Crippen LogP contribution in [0.4, 0.5) is 0 Å². The zero-order valence-corrected chi connectivity index (χ0v) is 9.59. The molecule has 0 radical (unpaired) electrons. The average molecular weight is 200 g/mol. The Kier molecular flexibility index (Phi) is 6.15. The van der Waals surface area contributed by atoms with Crippen LogP contribution in [0.25, 0.3) is 0 Å². The Balaban J connectivity index is 2.01. The largest absolute Gasteiger partial charge is 0.376 e. The third-order valence-corrected chi connectivity index (χ3v) is 2.91. The van der Waals surface area contributed by atoms with Crippen molar-refractivity contribution in [2.75, 3.05) is 39.3 Å². The van der Waals surface area contributed by atoms with E-state index in [2.05, 4.69) is 24.1 Å². The molecule has 0 aromatic heterocycles. The molecule has 0 saturated carbocycles. The highest BCUT2D eigenvalue weighted by Crippen LogP contribution is 2.05. The van der Waals surface area contributed by atoms with Crippen molar-refractivity contribution in [2.45, 2.75) is 32.8 Å². The van der Waals surface area contributed by atoms with E-state index in [1.165, 1.54) is 12.8 Å². The second-order valence-electron chi connectivity index (χ2n) is 3.87. The van der Waals surface area contributed by atoms with Crippen LogP contribution in [0.5, 0.6) is 0 Å². The van der Waals surface area contributed by atoms with Gasteiger partial charge in [-0.1, -0.05) is 13.8 Å². The van der Waals surface area contributed by atoms with Crippen molar-refractivity contribution in [3.05, 3.63) is 0 Å². The first-order valence-corrected chi connectivity index (χ1v) is 5.91. The Bertz CT molecular complexity index is 131. The molecule has 1 aliphatic rings. The molecule has 0 aromatic carbocycles. The van der Waals surface area contributed by atoms with E-state index >= 15 is 0 Å². The maximum Gasteiger partial charge on any atom is 0.0700 e. The number of nitrogens with one attached hydrogen (secondary N) is 1. The van der Waals surface area contributed by atoms with Crippen molar-refractivity contribution in [1.82, 2.24) is 10.2 Å². The highest BCUT2D eigenvalue weighted by atomic mass is 16.5. The van der Waals surface area contributed by atoms with Gasteiger partial charge in [0.05, 0.1) is 12.7 Å². The van der Waals surface area contributed by atoms with E-state index in [0.29, 0.717) is 6.10 Å². The van der Waals surface area contributed by atoms with Gasteiger partial charge in [0.1, 0.15) is 0 Å². The number of hydrogen-bond acceptors (Lipinski definition) is 3. The van der Waals surface area contributed by atoms with Crippen LogP contribution in [0.2, 0.25) is 0 Å². The lowest BCUT2D eigenvalue weighted by Crippen LogP contribution is -2.37. The molecule has 84 valence electrons. The van der Waals surface area contributed by atoms with Gasteiger partial charge in [0.15, 0.2) is 0 Å². The summed E-state index contributed by atoms with van der Waals surface area (Å²) in [6, 6.07) is 0. The summed E-state index contributed by atoms with van der Waals surface area (Å²) in [4.78, 5) is 2.40. The molecule has 1 N–H and O–H groups in total. The molecular weight excluding hydrogens is 176 g/mol. The highest BCUT2D eigenvalue weighted by molar-refractivity contribution is 4.68. The Morgan fingerprint density at radius 3 is 2.71 bits per heavy atom. The number of likely N-dealkylation sites (N-methyl/N-ethyl adjacent to an activating group) is 1. The molecule has 3 heteroatoms. The molecule has 14 heavy (non-hydrogen) atoms. The first-order chi connectivity index (χ1) is 6.86. The molecular formula is C11H24N2O. The van der Waals surface area contributed by atoms with Gasteiger partial charge in [-0.05, 0) is 32.5 Å². The van der Waals surface area contributed by atoms with E-state index in [1.807, 2.05) is 0 Å². The Hall–Kier alpha value is -0.120. The lowest BCUT2D eigenvalue weighted by Gasteiger charge is -2.25. The molecule has 3 nitrogen and oxygen atoms in total. The minimum atomic E-state index is 0.458. The van der Waals surface area contributed by atoms with E-state index in [0.717, 1.165) is 39.3 Å². The van der Waals surface area contributed by atoms with E-state index in [-0.39, 0.29) is 0 Å². The first kappa shape index (κ1) is 12.0. The predicted molar refractivity (Wildman–Crippen MR) is 59.6 cm³/mol. The van der Waals surface area contributed by atoms with Crippen LogP contribution in [-0.4, -0.2) is 50.3 Å². The number of nitrogens with zero attached hydrogens (tertiary/aromatic N) is 1. The summed E-state index contributed by atoms with van der Waals surface area (Å²) in [7, 11) is 0. The van der Waals surface area contributed by atoms with Gasteiger partial charge in [-0.3, -0.25) is 0 Å². The topological polar surface area (TPSA) is 24.5 Å². The summed E-state index contributed by atoms with van der Waals surface area (Å²) in [5.41, 5.74) is 0. The van der Waals surface area contributed by atoms with Gasteiger partial charge in [-0.25, -0.2) is 0 Å². The number of rotatable bonds is 6. The van der Waals surface area contributed by atoms with Crippen LogP contribution >= 0.6 is 0 Å². The van der Waals surface area contributed by atoms with Crippen molar-refractivity contribution in [3.8, 4) is 0 Å². The van der Waals surface area contributed by atoms with Crippen molar-refractivity contribution in [1.29, 1.82) is 0 Å². The zero-order valence-electron chi connectivity index (χ0n) is 9.59. The molecule has 0 aromatic rings. The second-order valence-corrected chi connectivity index (χ2v) is 3.87. The van der Waals surface area contributed by atoms with Crippen LogP contribution in [0, 0.1) is 0 Å². The Morgan fingerprint density at radius 1 is 1.36 bits per heavy atom. The third kappa shape index (κ3) is 4.40. The zero-order chi connectivity index (χ0) is 10.2. The molecule has 1 rings (SSSR count). The Morgan fingerprint density at radius 2 is 2.14 bits per heavy atom. The van der Waals surface area contributed by atoms with Gasteiger partial charge in [0, 0.05) is 13.1 Å². The maximum atomic E-state index is 5.81. The van der Waals surface area contributed by atoms with Crippen molar-refractivity contribution < 1.29 is 4.74 Å². The fourth-order valence-corrected chi connectivity index (χ4v) is 1.85. The van der Waals surface area contributed by atoms with Gasteiger partial charge < -0.3 is 15.0 Å². The lowest BCUT2D eigenvalue weighted by molar-refractivity contribution is 0.0251. The van der Waals surface area contributed by atoms with Crippen molar-refractivity contribution in [3.63, 3.8) is 0 Å². The van der Waals surface area contributed by atoms with E-state index in [4.69, 9.17) is 4.74 Å². The van der Waals surface area contributed by atoms with Crippen LogP contribution in [0.3, 0.4) is 0 Å². The fourth-order valence-electron chi connectivity index (χ4n) is 1.85. The SMILES string of the molecule is CCN(CC)CCO[C@H]1CCCNC1. The summed E-state index contributed by atoms with van der Waals surface area (Å²) in [5.74, 6) is 0. The molecule has 1 atom stereocenters. The summed E-state index contributed by atoms with van der Waals surface area (Å²) >= 11 is 0. The van der Waals surface area contributed by atoms with Gasteiger partial charge in [0.25, 0.3) is 0 Å². The van der Waals surface area contributed by atoms with E-state index in [9.17, 15) is 0 Å². The second kappa shape index (κ2) is 7.21. The summed E-state index contributed by atoms with van der Waals surface area (Å²) in [6.45, 7) is 10.8. The normalized spacial score (nSPS) is 22.9. The van der Waals surface area contributed by atoms with Gasteiger partial charge in [-0.15, -0.1) is 0 Å². The van der Waals surface area contributed by atoms with E-state index in [1.54, 1.807) is 0 Å². The number of piperidine rings is 1. The molecule has 0 aliphatic carbocycles. The van der Waals surface area contributed by atoms with Crippen LogP contribution in [-0.2, 0) is 4.74 Å². The molecule has 0 unspecified atom stereocenters. The van der Waals surface area contributed by atoms with Gasteiger partial charge in [0.2, 0.25) is 0 Å². The monoisotopic (exact) mass is 200 g/mol. The van der Waals surface area contributed by atoms with Gasteiger partial charge in [-0.2, -0.15) is 0 Å². The average Bonchev–Trinajstić information content (AvgIpc) is 2.26. The minimum Gasteiger partial charge on any atom is -0.376 e. The summed E-state index contributed by atoms with van der Waals surface area (Å²) in [5, 5.41) is 3.36. The van der Waals surface area contributed by atoms with Crippen LogP contribution in [0.1, 0.15) is 26.7 Å². The van der Waals surface area contributed by atoms with Crippen molar-refractivity contribution in [2.24, 2.45) is 0 Å². The van der Waals surface area contributed by atoms with Crippen LogP contribution < -0.4 is 5.32 Å². The summed E-state index contributed by atoms with van der Waals surface area (Å²) < 4.78 is 5.81. The molecule has 0 bridgehead atoms. The minimum absolute atomic E-state index is 0.458.